The number of rotatable bonds is 4. The Balaban J connectivity index is 1.63. The smallest absolute Gasteiger partial charge is 0.162 e. The van der Waals surface area contributed by atoms with E-state index in [0.29, 0.717) is 12.5 Å². The van der Waals surface area contributed by atoms with Gasteiger partial charge in [0.1, 0.15) is 5.60 Å². The molecule has 4 nitrogen and oxygen atoms in total. The fourth-order valence-electron chi connectivity index (χ4n) is 2.95. The van der Waals surface area contributed by atoms with E-state index in [-0.39, 0.29) is 5.78 Å². The van der Waals surface area contributed by atoms with Crippen molar-refractivity contribution in [2.45, 2.75) is 38.2 Å². The number of aromatic nitrogens is 1. The highest BCUT2D eigenvalue weighted by atomic mass is 32.1. The summed E-state index contributed by atoms with van der Waals surface area (Å²) in [6, 6.07) is 8.26. The van der Waals surface area contributed by atoms with Gasteiger partial charge in [-0.1, -0.05) is 12.1 Å². The molecule has 2 aromatic rings. The number of β-amino-alcohol motifs (C(OH)–C–C–N with tert-alkyl or cyclic N) is 1. The summed E-state index contributed by atoms with van der Waals surface area (Å²) in [5.41, 5.74) is -0.146. The number of hydrogen-bond donors (Lipinski definition) is 1. The van der Waals surface area contributed by atoms with Gasteiger partial charge in [-0.05, 0) is 51.9 Å². The molecule has 0 amide bonds. The van der Waals surface area contributed by atoms with Crippen molar-refractivity contribution >= 4 is 27.3 Å². The number of hydrogen-bond acceptors (Lipinski definition) is 5. The maximum absolute atomic E-state index is 11.4. The lowest BCUT2D eigenvalue weighted by Gasteiger charge is -2.35. The molecule has 1 N–H and O–H groups in total. The van der Waals surface area contributed by atoms with Gasteiger partial charge in [-0.25, -0.2) is 4.98 Å². The van der Waals surface area contributed by atoms with Crippen LogP contribution in [0, 0.1) is 0 Å². The van der Waals surface area contributed by atoms with Crippen LogP contribution in [0.5, 0.6) is 0 Å². The van der Waals surface area contributed by atoms with E-state index in [1.807, 2.05) is 6.07 Å². The average Bonchev–Trinajstić information content (AvgIpc) is 2.91. The lowest BCUT2D eigenvalue weighted by Crippen LogP contribution is -2.48. The van der Waals surface area contributed by atoms with E-state index in [0.717, 1.165) is 31.4 Å². The summed E-state index contributed by atoms with van der Waals surface area (Å²) in [7, 11) is 0. The molecule has 2 heterocycles. The normalized spacial score (nSPS) is 20.1. The van der Waals surface area contributed by atoms with Gasteiger partial charge in [0.2, 0.25) is 0 Å². The number of ketones is 1. The second kappa shape index (κ2) is 6.07. The van der Waals surface area contributed by atoms with Crippen LogP contribution in [0.1, 0.15) is 37.6 Å². The first kappa shape index (κ1) is 15.6. The number of piperidine rings is 1. The summed E-state index contributed by atoms with van der Waals surface area (Å²) >= 11 is 1.79. The van der Waals surface area contributed by atoms with Gasteiger partial charge < -0.3 is 5.11 Å². The van der Waals surface area contributed by atoms with E-state index >= 15 is 0 Å². The number of aliphatic hydroxyl groups is 1. The van der Waals surface area contributed by atoms with Crippen molar-refractivity contribution in [3.05, 3.63) is 29.3 Å². The second-order valence-electron chi connectivity index (χ2n) is 6.40. The average molecular weight is 318 g/mol. The summed E-state index contributed by atoms with van der Waals surface area (Å²) in [5.74, 6) is 0.330. The minimum atomic E-state index is -1.23. The summed E-state index contributed by atoms with van der Waals surface area (Å²) in [5, 5.41) is 11.3. The molecular formula is C17H22N2O2S. The van der Waals surface area contributed by atoms with Crippen LogP contribution in [0.2, 0.25) is 0 Å². The molecule has 0 aliphatic carbocycles. The molecule has 1 aliphatic rings. The zero-order chi connectivity index (χ0) is 15.7. The van der Waals surface area contributed by atoms with Crippen molar-refractivity contribution in [1.82, 2.24) is 9.88 Å². The van der Waals surface area contributed by atoms with Crippen LogP contribution in [0.15, 0.2) is 24.3 Å². The molecule has 118 valence electrons. The molecule has 0 bridgehead atoms. The lowest BCUT2D eigenvalue weighted by atomic mass is 9.95. The van der Waals surface area contributed by atoms with Gasteiger partial charge in [-0.2, -0.15) is 0 Å². The molecule has 5 heteroatoms. The number of thiazole rings is 1. The molecule has 1 aromatic heterocycles. The molecule has 0 spiro atoms. The number of Topliss-reactive ketones (excluding diaryl/α,β-unsaturated/α-hetero) is 1. The maximum atomic E-state index is 11.4. The summed E-state index contributed by atoms with van der Waals surface area (Å²) in [6.45, 7) is 5.30. The predicted molar refractivity (Wildman–Crippen MR) is 89.3 cm³/mol. The Morgan fingerprint density at radius 3 is 2.73 bits per heavy atom. The number of nitrogens with zero attached hydrogens (tertiary/aromatic N) is 2. The molecule has 0 radical (unpaired) electrons. The van der Waals surface area contributed by atoms with Crippen molar-refractivity contribution in [1.29, 1.82) is 0 Å². The van der Waals surface area contributed by atoms with Gasteiger partial charge in [0.25, 0.3) is 0 Å². The molecule has 1 saturated heterocycles. The van der Waals surface area contributed by atoms with Crippen molar-refractivity contribution in [3.8, 4) is 0 Å². The summed E-state index contributed by atoms with van der Waals surface area (Å²) in [4.78, 5) is 18.4. The third-order valence-electron chi connectivity index (χ3n) is 4.54. The molecule has 22 heavy (non-hydrogen) atoms. The van der Waals surface area contributed by atoms with E-state index in [9.17, 15) is 9.90 Å². The monoisotopic (exact) mass is 318 g/mol. The molecule has 1 unspecified atom stereocenters. The van der Waals surface area contributed by atoms with Crippen LogP contribution in [0.3, 0.4) is 0 Å². The van der Waals surface area contributed by atoms with E-state index in [1.54, 1.807) is 18.3 Å². The third-order valence-corrected chi connectivity index (χ3v) is 5.74. The Morgan fingerprint density at radius 1 is 1.41 bits per heavy atom. The molecule has 1 atom stereocenters. The van der Waals surface area contributed by atoms with Gasteiger partial charge >= 0.3 is 0 Å². The molecule has 1 aliphatic heterocycles. The zero-order valence-corrected chi connectivity index (χ0v) is 13.9. The fourth-order valence-corrected chi connectivity index (χ4v) is 4.09. The van der Waals surface area contributed by atoms with Crippen LogP contribution in [-0.4, -0.2) is 46.0 Å². The molecule has 1 fully saturated rings. The van der Waals surface area contributed by atoms with Gasteiger partial charge in [0, 0.05) is 12.5 Å². The number of para-hydroxylation sites is 1. The van der Waals surface area contributed by atoms with Crippen molar-refractivity contribution in [3.63, 3.8) is 0 Å². The van der Waals surface area contributed by atoms with Crippen LogP contribution in [0.4, 0.5) is 0 Å². The van der Waals surface area contributed by atoms with Gasteiger partial charge in [0.15, 0.2) is 5.78 Å². The number of benzene rings is 1. The molecule has 3 rings (SSSR count). The summed E-state index contributed by atoms with van der Waals surface area (Å²) in [6.07, 6.45) is 2.07. The second-order valence-corrected chi connectivity index (χ2v) is 7.46. The zero-order valence-electron chi connectivity index (χ0n) is 13.1. The van der Waals surface area contributed by atoms with Crippen molar-refractivity contribution < 1.29 is 9.90 Å². The van der Waals surface area contributed by atoms with E-state index in [4.69, 9.17) is 4.98 Å². The highest BCUT2D eigenvalue weighted by Gasteiger charge is 2.31. The quantitative estimate of drug-likeness (QED) is 0.942. The van der Waals surface area contributed by atoms with E-state index < -0.39 is 5.60 Å². The molecule has 0 saturated carbocycles. The fraction of sp³-hybridized carbons (Fsp3) is 0.529. The Hall–Kier alpha value is -1.30. The lowest BCUT2D eigenvalue weighted by molar-refractivity contribution is -0.135. The first-order valence-corrected chi connectivity index (χ1v) is 8.58. The Kier molecular flexibility index (Phi) is 4.30. The van der Waals surface area contributed by atoms with Crippen molar-refractivity contribution in [2.75, 3.05) is 19.6 Å². The minimum absolute atomic E-state index is 0.166. The van der Waals surface area contributed by atoms with Gasteiger partial charge in [0.05, 0.1) is 15.2 Å². The maximum Gasteiger partial charge on any atom is 0.162 e. The highest BCUT2D eigenvalue weighted by Crippen LogP contribution is 2.34. The first-order chi connectivity index (χ1) is 10.5. The Labute approximate surface area is 134 Å². The standard InChI is InChI=1S/C17H22N2O2S/c1-12(20)17(2,21)11-19-9-7-13(8-10-19)16-18-14-5-3-4-6-15(14)22-16/h3-6,13,21H,7-11H2,1-2H3. The van der Waals surface area contributed by atoms with Crippen LogP contribution < -0.4 is 0 Å². The van der Waals surface area contributed by atoms with Crippen LogP contribution in [-0.2, 0) is 4.79 Å². The summed E-state index contributed by atoms with van der Waals surface area (Å²) < 4.78 is 1.25. The van der Waals surface area contributed by atoms with E-state index in [1.165, 1.54) is 16.6 Å². The Morgan fingerprint density at radius 2 is 2.09 bits per heavy atom. The Bertz CT molecular complexity index is 639. The topological polar surface area (TPSA) is 53.4 Å². The predicted octanol–water partition coefficient (Wildman–Crippen LogP) is 2.82. The van der Waals surface area contributed by atoms with E-state index in [2.05, 4.69) is 23.1 Å². The minimum Gasteiger partial charge on any atom is -0.381 e. The number of fused-ring (bicyclic) bond motifs is 1. The largest absolute Gasteiger partial charge is 0.381 e. The van der Waals surface area contributed by atoms with Gasteiger partial charge in [-0.15, -0.1) is 11.3 Å². The van der Waals surface area contributed by atoms with Gasteiger partial charge in [-0.3, -0.25) is 9.69 Å². The first-order valence-electron chi connectivity index (χ1n) is 7.77. The number of carbonyl (C=O) groups is 1. The number of carbonyl (C=O) groups excluding carboxylic acids is 1. The van der Waals surface area contributed by atoms with Crippen LogP contribution in [0.25, 0.3) is 10.2 Å². The third kappa shape index (κ3) is 3.21. The highest BCUT2D eigenvalue weighted by molar-refractivity contribution is 7.18. The van der Waals surface area contributed by atoms with Crippen LogP contribution >= 0.6 is 11.3 Å². The SMILES string of the molecule is CC(=O)C(C)(O)CN1CCC(c2nc3ccccc3s2)CC1. The van der Waals surface area contributed by atoms with Crippen molar-refractivity contribution in [2.24, 2.45) is 0 Å². The molecular weight excluding hydrogens is 296 g/mol. The number of likely N-dealkylation sites (tertiary alicyclic amines) is 1. The molecule has 1 aromatic carbocycles.